The molecule has 2 N–H and O–H groups in total. The van der Waals surface area contributed by atoms with Crippen LogP contribution in [0.2, 0.25) is 0 Å². The standard InChI is InChI=1S/C16H18BrNO2/c1-9-5-14(10(2)20-9)15(18)8-12-7-13(17)6-11-3-4-19-16(11)12/h5-7,15H,3-4,8,18H2,1-2H3. The van der Waals surface area contributed by atoms with Gasteiger partial charge in [0.1, 0.15) is 17.3 Å². The Morgan fingerprint density at radius 3 is 2.80 bits per heavy atom. The molecule has 1 atom stereocenters. The number of rotatable bonds is 3. The van der Waals surface area contributed by atoms with Crippen LogP contribution in [0.3, 0.4) is 0 Å². The molecule has 1 aromatic carbocycles. The Kier molecular flexibility index (Phi) is 3.61. The quantitative estimate of drug-likeness (QED) is 0.927. The Hall–Kier alpha value is -1.26. The fraction of sp³-hybridized carbons (Fsp3) is 0.375. The zero-order chi connectivity index (χ0) is 14.3. The van der Waals surface area contributed by atoms with Crippen molar-refractivity contribution < 1.29 is 9.15 Å². The maximum atomic E-state index is 6.35. The lowest BCUT2D eigenvalue weighted by atomic mass is 9.97. The first kappa shape index (κ1) is 13.7. The summed E-state index contributed by atoms with van der Waals surface area (Å²) >= 11 is 3.57. The summed E-state index contributed by atoms with van der Waals surface area (Å²) in [4.78, 5) is 0. The average Bonchev–Trinajstić information content (AvgIpc) is 2.95. The molecule has 0 fully saturated rings. The molecule has 106 valence electrons. The van der Waals surface area contributed by atoms with Gasteiger partial charge in [-0.3, -0.25) is 0 Å². The molecular weight excluding hydrogens is 318 g/mol. The van der Waals surface area contributed by atoms with E-state index in [1.807, 2.05) is 19.9 Å². The highest BCUT2D eigenvalue weighted by atomic mass is 79.9. The molecule has 1 aliphatic heterocycles. The van der Waals surface area contributed by atoms with Crippen LogP contribution >= 0.6 is 15.9 Å². The van der Waals surface area contributed by atoms with Gasteiger partial charge in [-0.1, -0.05) is 15.9 Å². The normalized spacial score (nSPS) is 15.0. The summed E-state index contributed by atoms with van der Waals surface area (Å²) in [6.45, 7) is 4.67. The van der Waals surface area contributed by atoms with Crippen molar-refractivity contribution in [2.24, 2.45) is 5.73 Å². The SMILES string of the molecule is Cc1cc(C(N)Cc2cc(Br)cc3c2OCC3)c(C)o1. The number of aryl methyl sites for hydroxylation is 2. The highest BCUT2D eigenvalue weighted by molar-refractivity contribution is 9.10. The van der Waals surface area contributed by atoms with Gasteiger partial charge in [0.2, 0.25) is 0 Å². The van der Waals surface area contributed by atoms with Crippen LogP contribution in [0.5, 0.6) is 5.75 Å². The molecule has 4 heteroatoms. The van der Waals surface area contributed by atoms with E-state index in [1.165, 1.54) is 5.56 Å². The third-order valence-corrected chi connectivity index (χ3v) is 4.20. The predicted molar refractivity (Wildman–Crippen MR) is 82.2 cm³/mol. The fourth-order valence-corrected chi connectivity index (χ4v) is 3.42. The molecule has 0 radical (unpaired) electrons. The van der Waals surface area contributed by atoms with Crippen LogP contribution in [0.25, 0.3) is 0 Å². The first-order valence-electron chi connectivity index (χ1n) is 6.81. The molecule has 2 heterocycles. The van der Waals surface area contributed by atoms with Crippen LogP contribution in [0.1, 0.15) is 34.3 Å². The van der Waals surface area contributed by atoms with E-state index in [1.54, 1.807) is 0 Å². The molecule has 1 aromatic heterocycles. The number of hydrogen-bond acceptors (Lipinski definition) is 3. The van der Waals surface area contributed by atoms with Crippen LogP contribution in [0, 0.1) is 13.8 Å². The largest absolute Gasteiger partial charge is 0.493 e. The third kappa shape index (κ3) is 2.50. The van der Waals surface area contributed by atoms with Gasteiger partial charge >= 0.3 is 0 Å². The van der Waals surface area contributed by atoms with E-state index in [-0.39, 0.29) is 6.04 Å². The zero-order valence-electron chi connectivity index (χ0n) is 11.7. The average molecular weight is 336 g/mol. The molecule has 0 spiro atoms. The summed E-state index contributed by atoms with van der Waals surface area (Å²) in [6.07, 6.45) is 1.72. The number of hydrogen-bond donors (Lipinski definition) is 1. The van der Waals surface area contributed by atoms with Gasteiger partial charge in [-0.05, 0) is 49.6 Å². The van der Waals surface area contributed by atoms with E-state index >= 15 is 0 Å². The predicted octanol–water partition coefficient (Wildman–Crippen LogP) is 3.84. The molecule has 0 bridgehead atoms. The first-order valence-corrected chi connectivity index (χ1v) is 7.60. The Morgan fingerprint density at radius 1 is 1.30 bits per heavy atom. The molecule has 20 heavy (non-hydrogen) atoms. The van der Waals surface area contributed by atoms with Gasteiger partial charge in [0.15, 0.2) is 0 Å². The molecular formula is C16H18BrNO2. The van der Waals surface area contributed by atoms with E-state index in [0.29, 0.717) is 0 Å². The first-order chi connectivity index (χ1) is 9.54. The van der Waals surface area contributed by atoms with Gasteiger partial charge in [-0.15, -0.1) is 0 Å². The Labute approximate surface area is 127 Å². The fourth-order valence-electron chi connectivity index (χ4n) is 2.86. The zero-order valence-corrected chi connectivity index (χ0v) is 13.3. The smallest absolute Gasteiger partial charge is 0.125 e. The summed E-state index contributed by atoms with van der Waals surface area (Å²) in [7, 11) is 0. The maximum absolute atomic E-state index is 6.35. The van der Waals surface area contributed by atoms with Gasteiger partial charge in [-0.25, -0.2) is 0 Å². The molecule has 0 aliphatic carbocycles. The molecule has 3 nitrogen and oxygen atoms in total. The molecule has 3 rings (SSSR count). The Morgan fingerprint density at radius 2 is 2.10 bits per heavy atom. The van der Waals surface area contributed by atoms with Crippen LogP contribution in [0.4, 0.5) is 0 Å². The van der Waals surface area contributed by atoms with Crippen molar-refractivity contribution in [1.82, 2.24) is 0 Å². The summed E-state index contributed by atoms with van der Waals surface area (Å²) in [5.74, 6) is 2.83. The van der Waals surface area contributed by atoms with Gasteiger partial charge < -0.3 is 14.9 Å². The highest BCUT2D eigenvalue weighted by Crippen LogP contribution is 2.35. The number of halogens is 1. The van der Waals surface area contributed by atoms with E-state index < -0.39 is 0 Å². The van der Waals surface area contributed by atoms with Crippen molar-refractivity contribution >= 4 is 15.9 Å². The van der Waals surface area contributed by atoms with Crippen molar-refractivity contribution in [3.63, 3.8) is 0 Å². The van der Waals surface area contributed by atoms with Crippen LogP contribution < -0.4 is 10.5 Å². The third-order valence-electron chi connectivity index (χ3n) is 3.74. The van der Waals surface area contributed by atoms with E-state index in [2.05, 4.69) is 28.1 Å². The number of fused-ring (bicyclic) bond motifs is 1. The second-order valence-electron chi connectivity index (χ2n) is 5.33. The van der Waals surface area contributed by atoms with E-state index in [0.717, 1.165) is 52.3 Å². The number of furan rings is 1. The molecule has 2 aromatic rings. The van der Waals surface area contributed by atoms with Crippen molar-refractivity contribution in [3.05, 3.63) is 50.9 Å². The Bertz CT molecular complexity index is 648. The molecule has 1 unspecified atom stereocenters. The topological polar surface area (TPSA) is 48.4 Å². The second-order valence-corrected chi connectivity index (χ2v) is 6.25. The molecule has 0 amide bonds. The van der Waals surface area contributed by atoms with Crippen molar-refractivity contribution in [2.45, 2.75) is 32.7 Å². The van der Waals surface area contributed by atoms with Crippen molar-refractivity contribution in [3.8, 4) is 5.75 Å². The van der Waals surface area contributed by atoms with Crippen LogP contribution in [0.15, 0.2) is 27.1 Å². The summed E-state index contributed by atoms with van der Waals surface area (Å²) in [6, 6.07) is 6.19. The summed E-state index contributed by atoms with van der Waals surface area (Å²) < 4.78 is 12.4. The van der Waals surface area contributed by atoms with Gasteiger partial charge in [-0.2, -0.15) is 0 Å². The number of benzene rings is 1. The molecule has 0 saturated carbocycles. The van der Waals surface area contributed by atoms with Gasteiger partial charge in [0.25, 0.3) is 0 Å². The maximum Gasteiger partial charge on any atom is 0.125 e. The lowest BCUT2D eigenvalue weighted by Gasteiger charge is -2.14. The minimum absolute atomic E-state index is 0.0740. The lowest BCUT2D eigenvalue weighted by molar-refractivity contribution is 0.352. The van der Waals surface area contributed by atoms with E-state index in [4.69, 9.17) is 14.9 Å². The van der Waals surface area contributed by atoms with Crippen LogP contribution in [-0.2, 0) is 12.8 Å². The number of nitrogens with two attached hydrogens (primary N) is 1. The lowest BCUT2D eigenvalue weighted by Crippen LogP contribution is -2.14. The number of ether oxygens (including phenoxy) is 1. The van der Waals surface area contributed by atoms with Crippen molar-refractivity contribution in [1.29, 1.82) is 0 Å². The van der Waals surface area contributed by atoms with Crippen molar-refractivity contribution in [2.75, 3.05) is 6.61 Å². The molecule has 0 saturated heterocycles. The summed E-state index contributed by atoms with van der Waals surface area (Å²) in [5.41, 5.74) is 9.86. The Balaban J connectivity index is 1.90. The van der Waals surface area contributed by atoms with Crippen LogP contribution in [-0.4, -0.2) is 6.61 Å². The highest BCUT2D eigenvalue weighted by Gasteiger charge is 2.21. The second kappa shape index (κ2) is 5.26. The minimum Gasteiger partial charge on any atom is -0.493 e. The van der Waals surface area contributed by atoms with Gasteiger partial charge in [0.05, 0.1) is 6.61 Å². The van der Waals surface area contributed by atoms with E-state index in [9.17, 15) is 0 Å². The molecule has 1 aliphatic rings. The monoisotopic (exact) mass is 335 g/mol. The van der Waals surface area contributed by atoms with Gasteiger partial charge in [0, 0.05) is 22.5 Å². The minimum atomic E-state index is -0.0740. The summed E-state index contributed by atoms with van der Waals surface area (Å²) in [5, 5.41) is 0.